The minimum Gasteiger partial charge on any atom is -0.469 e. The first-order valence-corrected chi connectivity index (χ1v) is 6.28. The van der Waals surface area contributed by atoms with Crippen molar-refractivity contribution in [1.82, 2.24) is 4.98 Å². The summed E-state index contributed by atoms with van der Waals surface area (Å²) in [5.74, 6) is 0.443. The van der Waals surface area contributed by atoms with Crippen molar-refractivity contribution in [3.63, 3.8) is 0 Å². The first-order valence-electron chi connectivity index (χ1n) is 5.90. The predicted molar refractivity (Wildman–Crippen MR) is 70.9 cm³/mol. The number of anilines is 1. The Hall–Kier alpha value is -1.80. The Kier molecular flexibility index (Phi) is 3.63. The van der Waals surface area contributed by atoms with Gasteiger partial charge in [-0.1, -0.05) is 11.6 Å². The third-order valence-electron chi connectivity index (χ3n) is 3.41. The van der Waals surface area contributed by atoms with Gasteiger partial charge in [0, 0.05) is 13.1 Å². The lowest BCUT2D eigenvalue weighted by atomic mass is 9.90. The molecule has 1 aliphatic heterocycles. The van der Waals surface area contributed by atoms with Crippen LogP contribution in [-0.4, -0.2) is 31.2 Å². The number of esters is 1. The SMILES string of the molecule is COC(=O)C1(C)CCN(c2ccc(Cl)c(C#N)n2)C1. The number of halogens is 1. The second-order valence-corrected chi connectivity index (χ2v) is 5.24. The van der Waals surface area contributed by atoms with Crippen LogP contribution in [0.1, 0.15) is 19.0 Å². The smallest absolute Gasteiger partial charge is 0.313 e. The van der Waals surface area contributed by atoms with E-state index in [0.29, 0.717) is 30.4 Å². The molecule has 0 radical (unpaired) electrons. The van der Waals surface area contributed by atoms with E-state index >= 15 is 0 Å². The predicted octanol–water partition coefficient (Wildman–Crippen LogP) is 2.00. The van der Waals surface area contributed by atoms with Gasteiger partial charge in [-0.05, 0) is 25.5 Å². The number of aromatic nitrogens is 1. The molecular formula is C13H14ClN3O2. The monoisotopic (exact) mass is 279 g/mol. The van der Waals surface area contributed by atoms with Crippen molar-refractivity contribution < 1.29 is 9.53 Å². The fourth-order valence-electron chi connectivity index (χ4n) is 2.26. The van der Waals surface area contributed by atoms with Crippen molar-refractivity contribution in [1.29, 1.82) is 5.26 Å². The quantitative estimate of drug-likeness (QED) is 0.775. The van der Waals surface area contributed by atoms with Crippen LogP contribution in [0.15, 0.2) is 12.1 Å². The van der Waals surface area contributed by atoms with Crippen LogP contribution in [0.3, 0.4) is 0 Å². The Bertz CT molecular complexity index is 555. The number of pyridine rings is 1. The van der Waals surface area contributed by atoms with Gasteiger partial charge in [-0.2, -0.15) is 5.26 Å². The molecule has 1 aromatic heterocycles. The Morgan fingerprint density at radius 1 is 1.63 bits per heavy atom. The summed E-state index contributed by atoms with van der Waals surface area (Å²) in [7, 11) is 1.39. The Morgan fingerprint density at radius 2 is 2.37 bits per heavy atom. The maximum absolute atomic E-state index is 11.7. The number of ether oxygens (including phenoxy) is 1. The second kappa shape index (κ2) is 5.06. The zero-order valence-electron chi connectivity index (χ0n) is 10.8. The molecule has 5 nitrogen and oxygen atoms in total. The highest BCUT2D eigenvalue weighted by molar-refractivity contribution is 6.31. The van der Waals surface area contributed by atoms with E-state index < -0.39 is 5.41 Å². The van der Waals surface area contributed by atoms with Crippen molar-refractivity contribution in [2.45, 2.75) is 13.3 Å². The Labute approximate surface area is 116 Å². The highest BCUT2D eigenvalue weighted by atomic mass is 35.5. The molecule has 1 fully saturated rings. The second-order valence-electron chi connectivity index (χ2n) is 4.84. The molecule has 2 rings (SSSR count). The normalized spacial score (nSPS) is 22.1. The summed E-state index contributed by atoms with van der Waals surface area (Å²) >= 11 is 5.85. The van der Waals surface area contributed by atoms with Crippen molar-refractivity contribution in [2.24, 2.45) is 5.41 Å². The minimum absolute atomic E-state index is 0.200. The zero-order chi connectivity index (χ0) is 14.0. The van der Waals surface area contributed by atoms with Crippen LogP contribution < -0.4 is 4.90 Å². The largest absolute Gasteiger partial charge is 0.469 e. The maximum Gasteiger partial charge on any atom is 0.313 e. The van der Waals surface area contributed by atoms with Crippen LogP contribution in [0.5, 0.6) is 0 Å². The van der Waals surface area contributed by atoms with E-state index in [1.807, 2.05) is 17.9 Å². The molecule has 19 heavy (non-hydrogen) atoms. The van der Waals surface area contributed by atoms with Gasteiger partial charge in [-0.25, -0.2) is 4.98 Å². The van der Waals surface area contributed by atoms with Crippen molar-refractivity contribution in [3.05, 3.63) is 22.8 Å². The van der Waals surface area contributed by atoms with E-state index in [2.05, 4.69) is 4.98 Å². The molecular weight excluding hydrogens is 266 g/mol. The summed E-state index contributed by atoms with van der Waals surface area (Å²) in [6, 6.07) is 5.36. The van der Waals surface area contributed by atoms with Gasteiger partial charge in [0.2, 0.25) is 0 Å². The standard InChI is InChI=1S/C13H14ClN3O2/c1-13(12(18)19-2)5-6-17(8-13)11-4-3-9(14)10(7-15)16-11/h3-4H,5-6,8H2,1-2H3. The molecule has 0 aliphatic carbocycles. The summed E-state index contributed by atoms with van der Waals surface area (Å²) in [4.78, 5) is 17.9. The molecule has 0 N–H and O–H groups in total. The van der Waals surface area contributed by atoms with Crippen molar-refractivity contribution in [2.75, 3.05) is 25.1 Å². The van der Waals surface area contributed by atoms with Crippen LogP contribution in [0, 0.1) is 16.7 Å². The van der Waals surface area contributed by atoms with E-state index in [9.17, 15) is 4.79 Å². The van der Waals surface area contributed by atoms with Gasteiger partial charge in [0.05, 0.1) is 17.5 Å². The highest BCUT2D eigenvalue weighted by Crippen LogP contribution is 2.34. The summed E-state index contributed by atoms with van der Waals surface area (Å²) in [5, 5.41) is 9.26. The molecule has 100 valence electrons. The highest BCUT2D eigenvalue weighted by Gasteiger charge is 2.41. The molecule has 1 unspecified atom stereocenters. The number of nitrogens with zero attached hydrogens (tertiary/aromatic N) is 3. The van der Waals surface area contributed by atoms with E-state index in [1.165, 1.54) is 7.11 Å². The lowest BCUT2D eigenvalue weighted by molar-refractivity contribution is -0.150. The van der Waals surface area contributed by atoms with Gasteiger partial charge in [0.15, 0.2) is 5.69 Å². The number of carbonyl (C=O) groups is 1. The lowest BCUT2D eigenvalue weighted by Gasteiger charge is -2.22. The van der Waals surface area contributed by atoms with E-state index in [1.54, 1.807) is 12.1 Å². The Balaban J connectivity index is 2.22. The van der Waals surface area contributed by atoms with Gasteiger partial charge in [0.25, 0.3) is 0 Å². The number of methoxy groups -OCH3 is 1. The minimum atomic E-state index is -0.525. The molecule has 1 saturated heterocycles. The van der Waals surface area contributed by atoms with Gasteiger partial charge in [-0.3, -0.25) is 4.79 Å². The summed E-state index contributed by atoms with van der Waals surface area (Å²) < 4.78 is 4.83. The van der Waals surface area contributed by atoms with Crippen LogP contribution in [0.2, 0.25) is 5.02 Å². The molecule has 0 aromatic carbocycles. The fraction of sp³-hybridized carbons (Fsp3) is 0.462. The molecule has 0 bridgehead atoms. The van der Waals surface area contributed by atoms with Gasteiger partial charge >= 0.3 is 5.97 Å². The number of hydrogen-bond acceptors (Lipinski definition) is 5. The van der Waals surface area contributed by atoms with Crippen LogP contribution in [-0.2, 0) is 9.53 Å². The molecule has 6 heteroatoms. The summed E-state index contributed by atoms with van der Waals surface area (Å²) in [6.45, 7) is 3.10. The zero-order valence-corrected chi connectivity index (χ0v) is 11.6. The number of carbonyl (C=O) groups excluding carboxylic acids is 1. The molecule has 1 aromatic rings. The van der Waals surface area contributed by atoms with E-state index in [-0.39, 0.29) is 11.7 Å². The van der Waals surface area contributed by atoms with E-state index in [0.717, 1.165) is 0 Å². The average molecular weight is 280 g/mol. The summed E-state index contributed by atoms with van der Waals surface area (Å²) in [5.41, 5.74) is -0.325. The van der Waals surface area contributed by atoms with Gasteiger partial charge in [0.1, 0.15) is 11.9 Å². The van der Waals surface area contributed by atoms with Gasteiger partial charge < -0.3 is 9.64 Å². The summed E-state index contributed by atoms with van der Waals surface area (Å²) in [6.07, 6.45) is 0.700. The van der Waals surface area contributed by atoms with Gasteiger partial charge in [-0.15, -0.1) is 0 Å². The first-order chi connectivity index (χ1) is 9.00. The molecule has 2 heterocycles. The lowest BCUT2D eigenvalue weighted by Crippen LogP contribution is -2.33. The molecule has 0 amide bonds. The molecule has 0 saturated carbocycles. The number of hydrogen-bond donors (Lipinski definition) is 0. The Morgan fingerprint density at radius 3 is 3.00 bits per heavy atom. The van der Waals surface area contributed by atoms with Crippen molar-refractivity contribution >= 4 is 23.4 Å². The molecule has 1 aliphatic rings. The molecule has 0 spiro atoms. The van der Waals surface area contributed by atoms with E-state index in [4.69, 9.17) is 21.6 Å². The van der Waals surface area contributed by atoms with Crippen LogP contribution in [0.25, 0.3) is 0 Å². The number of nitriles is 1. The third kappa shape index (κ3) is 2.49. The first kappa shape index (κ1) is 13.6. The molecule has 1 atom stereocenters. The van der Waals surface area contributed by atoms with Crippen LogP contribution in [0.4, 0.5) is 5.82 Å². The third-order valence-corrected chi connectivity index (χ3v) is 3.72. The average Bonchev–Trinajstić information content (AvgIpc) is 2.82. The fourth-order valence-corrected chi connectivity index (χ4v) is 2.40. The topological polar surface area (TPSA) is 66.2 Å². The number of rotatable bonds is 2. The van der Waals surface area contributed by atoms with Crippen LogP contribution >= 0.6 is 11.6 Å². The van der Waals surface area contributed by atoms with Crippen molar-refractivity contribution in [3.8, 4) is 6.07 Å². The maximum atomic E-state index is 11.7.